The van der Waals surface area contributed by atoms with Crippen molar-refractivity contribution in [2.45, 2.75) is 25.3 Å². The summed E-state index contributed by atoms with van der Waals surface area (Å²) >= 11 is 0. The Labute approximate surface area is 185 Å². The van der Waals surface area contributed by atoms with E-state index < -0.39 is 0 Å². The molecule has 158 valence electrons. The summed E-state index contributed by atoms with van der Waals surface area (Å²) in [7, 11) is 1.87. The molecule has 2 aromatic carbocycles. The minimum absolute atomic E-state index is 0.0568. The van der Waals surface area contributed by atoms with Gasteiger partial charge in [-0.3, -0.25) is 9.78 Å². The first-order valence-electron chi connectivity index (χ1n) is 10.7. The maximum atomic E-state index is 13.5. The van der Waals surface area contributed by atoms with Crippen molar-refractivity contribution in [2.75, 3.05) is 7.05 Å². The number of hydrogen-bond acceptors (Lipinski definition) is 3. The molecular formula is C26H21FN4O. The Bertz CT molecular complexity index is 1390. The molecule has 0 bridgehead atoms. The predicted octanol–water partition coefficient (Wildman–Crippen LogP) is 5.12. The Morgan fingerprint density at radius 3 is 2.47 bits per heavy atom. The molecule has 1 aliphatic carbocycles. The molecule has 0 N–H and O–H groups in total. The summed E-state index contributed by atoms with van der Waals surface area (Å²) in [5, 5.41) is 4.82. The van der Waals surface area contributed by atoms with Gasteiger partial charge in [0.1, 0.15) is 11.5 Å². The van der Waals surface area contributed by atoms with Crippen LogP contribution in [0.1, 0.15) is 34.6 Å². The van der Waals surface area contributed by atoms with Crippen LogP contribution in [0.5, 0.6) is 0 Å². The Balaban J connectivity index is 1.59. The van der Waals surface area contributed by atoms with Gasteiger partial charge in [0.05, 0.1) is 16.9 Å². The number of carbonyl (C=O) groups is 1. The van der Waals surface area contributed by atoms with Crippen LogP contribution in [-0.4, -0.2) is 32.6 Å². The summed E-state index contributed by atoms with van der Waals surface area (Å²) in [6, 6.07) is 18.3. The van der Waals surface area contributed by atoms with E-state index >= 15 is 0 Å². The molecule has 2 aromatic heterocycles. The Hall–Kier alpha value is -3.80. The van der Waals surface area contributed by atoms with Crippen molar-refractivity contribution in [3.8, 4) is 28.1 Å². The number of aryl methyl sites for hydroxylation is 1. The van der Waals surface area contributed by atoms with Gasteiger partial charge < -0.3 is 4.90 Å². The highest BCUT2D eigenvalue weighted by atomic mass is 19.1. The lowest BCUT2D eigenvalue weighted by atomic mass is 9.96. The number of pyridine rings is 1. The van der Waals surface area contributed by atoms with Gasteiger partial charge in [-0.1, -0.05) is 18.2 Å². The Morgan fingerprint density at radius 1 is 1.00 bits per heavy atom. The zero-order chi connectivity index (χ0) is 22.0. The number of fused-ring (bicyclic) bond motifs is 4. The third-order valence-electron chi connectivity index (χ3n) is 6.78. The number of benzene rings is 2. The van der Waals surface area contributed by atoms with E-state index in [-0.39, 0.29) is 17.3 Å². The fraction of sp³-hybridized carbons (Fsp3) is 0.192. The summed E-state index contributed by atoms with van der Waals surface area (Å²) in [6.45, 7) is 1.99. The van der Waals surface area contributed by atoms with Crippen molar-refractivity contribution >= 4 is 5.91 Å². The Morgan fingerprint density at radius 2 is 1.75 bits per heavy atom. The summed E-state index contributed by atoms with van der Waals surface area (Å²) in [4.78, 5) is 19.8. The van der Waals surface area contributed by atoms with E-state index in [2.05, 4.69) is 29.2 Å². The minimum atomic E-state index is -0.303. The molecule has 0 saturated heterocycles. The van der Waals surface area contributed by atoms with Crippen molar-refractivity contribution in [2.24, 2.45) is 0 Å². The minimum Gasteiger partial charge on any atom is -0.331 e. The van der Waals surface area contributed by atoms with Crippen LogP contribution in [0.4, 0.5) is 4.39 Å². The molecule has 32 heavy (non-hydrogen) atoms. The molecule has 1 amide bonds. The summed E-state index contributed by atoms with van der Waals surface area (Å²) in [5.74, 6) is -0.360. The largest absolute Gasteiger partial charge is 0.331 e. The monoisotopic (exact) mass is 424 g/mol. The number of rotatable bonds is 2. The van der Waals surface area contributed by atoms with Crippen LogP contribution < -0.4 is 0 Å². The van der Waals surface area contributed by atoms with Gasteiger partial charge in [0, 0.05) is 35.6 Å². The molecule has 2 aliphatic rings. The van der Waals surface area contributed by atoms with E-state index in [1.54, 1.807) is 29.1 Å². The molecule has 1 fully saturated rings. The van der Waals surface area contributed by atoms with Gasteiger partial charge in [-0.15, -0.1) is 0 Å². The van der Waals surface area contributed by atoms with Gasteiger partial charge >= 0.3 is 0 Å². The molecule has 0 radical (unpaired) electrons. The van der Waals surface area contributed by atoms with Crippen molar-refractivity contribution < 1.29 is 9.18 Å². The van der Waals surface area contributed by atoms with Gasteiger partial charge in [0.25, 0.3) is 5.91 Å². The maximum Gasteiger partial charge on any atom is 0.273 e. The van der Waals surface area contributed by atoms with Gasteiger partial charge in [0.15, 0.2) is 0 Å². The average Bonchev–Trinajstić information content (AvgIpc) is 3.50. The zero-order valence-corrected chi connectivity index (χ0v) is 17.8. The highest BCUT2D eigenvalue weighted by Gasteiger charge is 2.53. The number of nitrogens with zero attached hydrogens (tertiary/aromatic N) is 4. The number of hydrogen-bond donors (Lipinski definition) is 0. The van der Waals surface area contributed by atoms with Crippen LogP contribution in [0.25, 0.3) is 28.1 Å². The standard InChI is InChI=1S/C26H21FN4O/c1-16-20(4-3-13-28-16)18-7-10-21-23(14-18)31-24(25(32)30(2)26(21)11-12-26)15-22(29-31)17-5-8-19(27)9-6-17/h3-10,13-15H,11-12H2,1-2H3. The van der Waals surface area contributed by atoms with Gasteiger partial charge in [-0.05, 0) is 67.8 Å². The topological polar surface area (TPSA) is 51.0 Å². The molecule has 0 atom stereocenters. The molecule has 3 heterocycles. The molecule has 1 spiro atoms. The third kappa shape index (κ3) is 2.65. The predicted molar refractivity (Wildman–Crippen MR) is 120 cm³/mol. The second kappa shape index (κ2) is 6.60. The van der Waals surface area contributed by atoms with E-state index in [0.29, 0.717) is 11.4 Å². The molecule has 4 aromatic rings. The molecule has 6 rings (SSSR count). The summed E-state index contributed by atoms with van der Waals surface area (Å²) < 4.78 is 15.2. The van der Waals surface area contributed by atoms with Crippen LogP contribution in [-0.2, 0) is 5.54 Å². The van der Waals surface area contributed by atoms with Crippen LogP contribution >= 0.6 is 0 Å². The second-order valence-corrected chi connectivity index (χ2v) is 8.60. The highest BCUT2D eigenvalue weighted by molar-refractivity contribution is 5.96. The van der Waals surface area contributed by atoms with E-state index in [4.69, 9.17) is 5.10 Å². The zero-order valence-electron chi connectivity index (χ0n) is 17.8. The normalized spacial score (nSPS) is 16.0. The number of halogens is 1. The first-order chi connectivity index (χ1) is 15.5. The average molecular weight is 424 g/mol. The molecule has 1 aliphatic heterocycles. The highest BCUT2D eigenvalue weighted by Crippen LogP contribution is 2.54. The fourth-order valence-electron chi connectivity index (χ4n) is 4.81. The SMILES string of the molecule is Cc1ncccc1-c1ccc2c(c1)-n1nc(-c3ccc(F)cc3)cc1C(=O)N(C)C21CC1. The van der Waals surface area contributed by atoms with E-state index in [0.717, 1.165) is 46.5 Å². The van der Waals surface area contributed by atoms with Gasteiger partial charge in [0.2, 0.25) is 0 Å². The smallest absolute Gasteiger partial charge is 0.273 e. The molecule has 5 nitrogen and oxygen atoms in total. The second-order valence-electron chi connectivity index (χ2n) is 8.60. The van der Waals surface area contributed by atoms with Gasteiger partial charge in [-0.2, -0.15) is 5.10 Å². The van der Waals surface area contributed by atoms with Crippen LogP contribution in [0.2, 0.25) is 0 Å². The number of amides is 1. The quantitative estimate of drug-likeness (QED) is 0.449. The molecular weight excluding hydrogens is 403 g/mol. The molecule has 6 heteroatoms. The molecule has 0 unspecified atom stereocenters. The number of carbonyl (C=O) groups excluding carboxylic acids is 1. The third-order valence-corrected chi connectivity index (χ3v) is 6.78. The van der Waals surface area contributed by atoms with Crippen LogP contribution in [0.15, 0.2) is 66.9 Å². The first kappa shape index (κ1) is 18.9. The van der Waals surface area contributed by atoms with Crippen LogP contribution in [0.3, 0.4) is 0 Å². The lowest BCUT2D eigenvalue weighted by molar-refractivity contribution is 0.0704. The lowest BCUT2D eigenvalue weighted by Crippen LogP contribution is -2.36. The molecule has 1 saturated carbocycles. The van der Waals surface area contributed by atoms with Crippen LogP contribution in [0, 0.1) is 12.7 Å². The van der Waals surface area contributed by atoms with E-state index in [1.807, 2.05) is 24.9 Å². The van der Waals surface area contributed by atoms with Gasteiger partial charge in [-0.25, -0.2) is 9.07 Å². The maximum absolute atomic E-state index is 13.5. The van der Waals surface area contributed by atoms with E-state index in [9.17, 15) is 9.18 Å². The summed E-state index contributed by atoms with van der Waals surface area (Å²) in [6.07, 6.45) is 3.65. The summed E-state index contributed by atoms with van der Waals surface area (Å²) in [5.41, 5.74) is 6.68. The first-order valence-corrected chi connectivity index (χ1v) is 10.7. The van der Waals surface area contributed by atoms with Crippen molar-refractivity contribution in [1.29, 1.82) is 0 Å². The van der Waals surface area contributed by atoms with Crippen molar-refractivity contribution in [3.63, 3.8) is 0 Å². The van der Waals surface area contributed by atoms with Crippen molar-refractivity contribution in [1.82, 2.24) is 19.7 Å². The fourth-order valence-corrected chi connectivity index (χ4v) is 4.81. The Kier molecular flexibility index (Phi) is 3.90. The number of aromatic nitrogens is 3. The van der Waals surface area contributed by atoms with Crippen molar-refractivity contribution in [3.05, 3.63) is 89.6 Å². The lowest BCUT2D eigenvalue weighted by Gasteiger charge is -2.27. The van der Waals surface area contributed by atoms with E-state index in [1.165, 1.54) is 12.1 Å².